The van der Waals surface area contributed by atoms with Gasteiger partial charge in [0, 0.05) is 69.0 Å². The Bertz CT molecular complexity index is 832. The van der Waals surface area contributed by atoms with Crippen molar-refractivity contribution in [3.8, 4) is 11.3 Å². The van der Waals surface area contributed by atoms with Crippen molar-refractivity contribution >= 4 is 23.5 Å². The van der Waals surface area contributed by atoms with Gasteiger partial charge in [0.05, 0.1) is 18.9 Å². The topological polar surface area (TPSA) is 121 Å². The highest BCUT2D eigenvalue weighted by molar-refractivity contribution is 5.69. The van der Waals surface area contributed by atoms with Gasteiger partial charge in [-0.2, -0.15) is 0 Å². The average molecular weight is 385 g/mol. The Balaban J connectivity index is 1.65. The number of nitrogens with zero attached hydrogens (tertiary/aromatic N) is 6. The lowest BCUT2D eigenvalue weighted by Gasteiger charge is -2.35. The number of carboxylic acid groups (broad SMARTS) is 1. The van der Waals surface area contributed by atoms with E-state index in [1.54, 1.807) is 12.4 Å². The Labute approximate surface area is 162 Å². The second-order valence-corrected chi connectivity index (χ2v) is 6.75. The third-order valence-corrected chi connectivity index (χ3v) is 5.01. The minimum absolute atomic E-state index is 0.220. The molecule has 0 aliphatic carbocycles. The molecular weight excluding hydrogens is 362 g/mol. The van der Waals surface area contributed by atoms with Gasteiger partial charge in [-0.3, -0.25) is 0 Å². The lowest BCUT2D eigenvalue weighted by Crippen LogP contribution is -2.48. The van der Waals surface area contributed by atoms with Crippen LogP contribution >= 0.6 is 0 Å². The van der Waals surface area contributed by atoms with Crippen LogP contribution < -0.4 is 15.5 Å². The summed E-state index contributed by atoms with van der Waals surface area (Å²) < 4.78 is 5.46. The minimum Gasteiger partial charge on any atom is -0.465 e. The highest BCUT2D eigenvalue weighted by Gasteiger charge is 2.23. The molecule has 2 fully saturated rings. The molecule has 2 aromatic heterocycles. The van der Waals surface area contributed by atoms with Crippen LogP contribution in [-0.4, -0.2) is 83.5 Å². The molecule has 0 radical (unpaired) electrons. The summed E-state index contributed by atoms with van der Waals surface area (Å²) in [6.07, 6.45) is 2.46. The predicted molar refractivity (Wildman–Crippen MR) is 105 cm³/mol. The van der Waals surface area contributed by atoms with Gasteiger partial charge in [-0.15, -0.1) is 0 Å². The number of hydrogen-bond acceptors (Lipinski definition) is 8. The highest BCUT2D eigenvalue weighted by Crippen LogP contribution is 2.28. The van der Waals surface area contributed by atoms with Crippen LogP contribution in [0.1, 0.15) is 0 Å². The number of hydrogen-bond donors (Lipinski definition) is 2. The normalized spacial score (nSPS) is 17.6. The van der Waals surface area contributed by atoms with Gasteiger partial charge < -0.3 is 30.3 Å². The number of carbonyl (C=O) groups is 1. The van der Waals surface area contributed by atoms with Gasteiger partial charge in [0.2, 0.25) is 5.95 Å². The molecule has 2 aliphatic rings. The molecule has 0 aromatic carbocycles. The predicted octanol–water partition coefficient (Wildman–Crippen LogP) is 0.757. The van der Waals surface area contributed by atoms with Crippen LogP contribution in [0.5, 0.6) is 0 Å². The van der Waals surface area contributed by atoms with Crippen molar-refractivity contribution in [3.05, 3.63) is 24.5 Å². The minimum atomic E-state index is -0.872. The molecule has 0 spiro atoms. The van der Waals surface area contributed by atoms with E-state index in [1.165, 1.54) is 4.90 Å². The summed E-state index contributed by atoms with van der Waals surface area (Å²) >= 11 is 0. The lowest BCUT2D eigenvalue weighted by molar-refractivity contribution is 0.122. The molecule has 2 saturated heterocycles. The molecule has 1 amide bonds. The second-order valence-electron chi connectivity index (χ2n) is 6.75. The number of piperazine rings is 1. The van der Waals surface area contributed by atoms with E-state index in [9.17, 15) is 9.90 Å². The average Bonchev–Trinajstić information content (AvgIpc) is 2.74. The maximum absolute atomic E-state index is 11.2. The smallest absolute Gasteiger partial charge is 0.407 e. The summed E-state index contributed by atoms with van der Waals surface area (Å²) in [6, 6.07) is 4.05. The van der Waals surface area contributed by atoms with Crippen LogP contribution in [0, 0.1) is 0 Å². The zero-order valence-corrected chi connectivity index (χ0v) is 15.5. The van der Waals surface area contributed by atoms with Crippen molar-refractivity contribution in [2.75, 3.05) is 68.0 Å². The highest BCUT2D eigenvalue weighted by atomic mass is 16.5. The van der Waals surface area contributed by atoms with Gasteiger partial charge in [0.1, 0.15) is 5.82 Å². The molecule has 2 aliphatic heterocycles. The number of amides is 1. The molecular formula is C18H23N7O3. The summed E-state index contributed by atoms with van der Waals surface area (Å²) in [7, 11) is 0. The zero-order chi connectivity index (χ0) is 19.5. The van der Waals surface area contributed by atoms with Gasteiger partial charge in [-0.1, -0.05) is 0 Å². The molecule has 10 nitrogen and oxygen atoms in total. The first kappa shape index (κ1) is 18.2. The van der Waals surface area contributed by atoms with Gasteiger partial charge in [-0.05, 0) is 6.07 Å². The maximum atomic E-state index is 11.2. The molecule has 0 atom stereocenters. The van der Waals surface area contributed by atoms with E-state index in [1.807, 2.05) is 6.07 Å². The molecule has 0 bridgehead atoms. The summed E-state index contributed by atoms with van der Waals surface area (Å²) in [5, 5.41) is 9.18. The first-order valence-corrected chi connectivity index (χ1v) is 9.25. The van der Waals surface area contributed by atoms with Crippen LogP contribution in [0.25, 0.3) is 11.3 Å². The van der Waals surface area contributed by atoms with Crippen molar-refractivity contribution in [1.29, 1.82) is 0 Å². The van der Waals surface area contributed by atoms with Crippen molar-refractivity contribution in [2.45, 2.75) is 0 Å². The fourth-order valence-electron chi connectivity index (χ4n) is 3.41. The van der Waals surface area contributed by atoms with E-state index in [0.717, 1.165) is 35.9 Å². The standard InChI is InChI=1S/C18H23N7O3/c19-17-20-11-13(12-21-17)15-9-14(23-1-3-25(4-2-23)18(26)27)10-16(22-15)24-5-7-28-8-6-24/h9-12H,1-8H2,(H,26,27)(H2,19,20,21). The monoisotopic (exact) mass is 385 g/mol. The molecule has 28 heavy (non-hydrogen) atoms. The van der Waals surface area contributed by atoms with E-state index in [2.05, 4.69) is 25.8 Å². The number of nitrogens with two attached hydrogens (primary N) is 1. The van der Waals surface area contributed by atoms with E-state index >= 15 is 0 Å². The molecule has 10 heteroatoms. The fraction of sp³-hybridized carbons (Fsp3) is 0.444. The zero-order valence-electron chi connectivity index (χ0n) is 15.5. The molecule has 4 rings (SSSR count). The molecule has 3 N–H and O–H groups in total. The Morgan fingerprint density at radius 2 is 1.68 bits per heavy atom. The van der Waals surface area contributed by atoms with Crippen LogP contribution in [0.4, 0.5) is 22.2 Å². The Morgan fingerprint density at radius 1 is 1.00 bits per heavy atom. The van der Waals surface area contributed by atoms with Gasteiger partial charge in [-0.25, -0.2) is 19.7 Å². The third kappa shape index (κ3) is 3.91. The van der Waals surface area contributed by atoms with Gasteiger partial charge in [0.15, 0.2) is 0 Å². The van der Waals surface area contributed by atoms with Gasteiger partial charge in [0.25, 0.3) is 0 Å². The largest absolute Gasteiger partial charge is 0.465 e. The van der Waals surface area contributed by atoms with E-state index in [-0.39, 0.29) is 5.95 Å². The number of morpholine rings is 1. The number of ether oxygens (including phenoxy) is 1. The Morgan fingerprint density at radius 3 is 2.32 bits per heavy atom. The summed E-state index contributed by atoms with van der Waals surface area (Å²) in [6.45, 7) is 5.12. The van der Waals surface area contributed by atoms with Gasteiger partial charge >= 0.3 is 6.09 Å². The lowest BCUT2D eigenvalue weighted by atomic mass is 10.1. The summed E-state index contributed by atoms with van der Waals surface area (Å²) in [4.78, 5) is 30.0. The number of rotatable bonds is 3. The third-order valence-electron chi connectivity index (χ3n) is 5.01. The van der Waals surface area contributed by atoms with Crippen molar-refractivity contribution < 1.29 is 14.6 Å². The van der Waals surface area contributed by atoms with Crippen molar-refractivity contribution in [3.63, 3.8) is 0 Å². The fourth-order valence-corrected chi connectivity index (χ4v) is 3.41. The molecule has 148 valence electrons. The maximum Gasteiger partial charge on any atom is 0.407 e. The number of nitrogen functional groups attached to an aromatic ring is 1. The van der Waals surface area contributed by atoms with Crippen molar-refractivity contribution in [1.82, 2.24) is 19.9 Å². The van der Waals surface area contributed by atoms with Crippen LogP contribution in [-0.2, 0) is 4.74 Å². The van der Waals surface area contributed by atoms with Crippen LogP contribution in [0.15, 0.2) is 24.5 Å². The van der Waals surface area contributed by atoms with E-state index in [4.69, 9.17) is 15.5 Å². The first-order valence-electron chi connectivity index (χ1n) is 9.25. The number of anilines is 3. The number of pyridine rings is 1. The first-order chi connectivity index (χ1) is 13.6. The van der Waals surface area contributed by atoms with Crippen LogP contribution in [0.3, 0.4) is 0 Å². The van der Waals surface area contributed by atoms with Crippen molar-refractivity contribution in [2.24, 2.45) is 0 Å². The molecule has 0 saturated carbocycles. The Hall–Kier alpha value is -3.14. The quantitative estimate of drug-likeness (QED) is 0.788. The Kier molecular flexibility index (Phi) is 5.11. The number of aromatic nitrogens is 3. The molecule has 4 heterocycles. The molecule has 0 unspecified atom stereocenters. The van der Waals surface area contributed by atoms with Crippen LogP contribution in [0.2, 0.25) is 0 Å². The summed E-state index contributed by atoms with van der Waals surface area (Å²) in [5.74, 6) is 1.09. The second kappa shape index (κ2) is 7.85. The summed E-state index contributed by atoms with van der Waals surface area (Å²) in [5.41, 5.74) is 8.17. The molecule has 2 aromatic rings. The SMILES string of the molecule is Nc1ncc(-c2cc(N3CCN(C(=O)O)CC3)cc(N3CCOCC3)n2)cn1. The van der Waals surface area contributed by atoms with E-state index < -0.39 is 6.09 Å². The van der Waals surface area contributed by atoms with E-state index in [0.29, 0.717) is 39.4 Å².